The van der Waals surface area contributed by atoms with Gasteiger partial charge in [0.25, 0.3) is 0 Å². The van der Waals surface area contributed by atoms with Crippen LogP contribution in [0.3, 0.4) is 0 Å². The molecule has 0 bridgehead atoms. The molecule has 2 rings (SSSR count). The number of unbranched alkanes of at least 4 members (excludes halogenated alkanes) is 1. The van der Waals surface area contributed by atoms with Gasteiger partial charge in [0.15, 0.2) is 0 Å². The lowest BCUT2D eigenvalue weighted by Gasteiger charge is -1.99. The van der Waals surface area contributed by atoms with Gasteiger partial charge in [-0.25, -0.2) is 4.79 Å². The van der Waals surface area contributed by atoms with Crippen molar-refractivity contribution in [1.82, 2.24) is 0 Å². The van der Waals surface area contributed by atoms with Crippen LogP contribution in [-0.2, 0) is 9.53 Å². The second kappa shape index (κ2) is 5.98. The average Bonchev–Trinajstić information content (AvgIpc) is 2.72. The molecule has 94 valence electrons. The highest BCUT2D eigenvalue weighted by Crippen LogP contribution is 2.27. The zero-order chi connectivity index (χ0) is 13.0. The summed E-state index contributed by atoms with van der Waals surface area (Å²) in [5.41, 5.74) is 1.41. The van der Waals surface area contributed by atoms with Crippen LogP contribution in [0.2, 0.25) is 0 Å². The maximum Gasteiger partial charge on any atom is 0.344 e. The van der Waals surface area contributed by atoms with Gasteiger partial charge in [0.05, 0.1) is 5.57 Å². The number of ether oxygens (including phenoxy) is 1. The van der Waals surface area contributed by atoms with Crippen LogP contribution in [-0.4, -0.2) is 17.7 Å². The van der Waals surface area contributed by atoms with Crippen molar-refractivity contribution in [3.05, 3.63) is 52.2 Å². The van der Waals surface area contributed by atoms with E-state index in [1.165, 1.54) is 0 Å². The first-order valence-electron chi connectivity index (χ1n) is 5.71. The van der Waals surface area contributed by atoms with Crippen molar-refractivity contribution < 1.29 is 14.6 Å². The van der Waals surface area contributed by atoms with Crippen LogP contribution in [0.5, 0.6) is 0 Å². The molecule has 1 aromatic carbocycles. The Kier molecular flexibility index (Phi) is 4.33. The predicted molar refractivity (Wildman–Crippen MR) is 72.6 cm³/mol. The summed E-state index contributed by atoms with van der Waals surface area (Å²) < 4.78 is 6.11. The van der Waals surface area contributed by atoms with Crippen molar-refractivity contribution in [3.63, 3.8) is 0 Å². The van der Waals surface area contributed by atoms with E-state index in [0.29, 0.717) is 24.2 Å². The number of aliphatic hydroxyl groups excluding tert-OH is 1. The maximum atomic E-state index is 11.7. The van der Waals surface area contributed by atoms with Gasteiger partial charge < -0.3 is 9.84 Å². The van der Waals surface area contributed by atoms with Crippen molar-refractivity contribution in [1.29, 1.82) is 0 Å². The quantitative estimate of drug-likeness (QED) is 0.687. The zero-order valence-corrected chi connectivity index (χ0v) is 11.3. The molecule has 1 aromatic rings. The Morgan fingerprint density at radius 2 is 2.00 bits per heavy atom. The summed E-state index contributed by atoms with van der Waals surface area (Å²) in [5, 5.41) is 8.69. The van der Waals surface area contributed by atoms with E-state index in [-0.39, 0.29) is 12.6 Å². The summed E-state index contributed by atoms with van der Waals surface area (Å²) in [7, 11) is 0. The molecule has 3 nitrogen and oxygen atoms in total. The monoisotopic (exact) mass is 308 g/mol. The number of hydrogen-bond acceptors (Lipinski definition) is 3. The average molecular weight is 309 g/mol. The number of allylic oxidation sites excluding steroid dienone is 2. The summed E-state index contributed by atoms with van der Waals surface area (Å²) in [6.45, 7) is 0.140. The van der Waals surface area contributed by atoms with Crippen molar-refractivity contribution in [2.75, 3.05) is 6.61 Å². The molecule has 0 atom stereocenters. The molecule has 1 aliphatic rings. The van der Waals surface area contributed by atoms with Gasteiger partial charge in [-0.15, -0.1) is 0 Å². The van der Waals surface area contributed by atoms with Gasteiger partial charge >= 0.3 is 5.97 Å². The molecule has 0 fully saturated rings. The van der Waals surface area contributed by atoms with Crippen LogP contribution in [0.1, 0.15) is 18.4 Å². The number of hydrogen-bond donors (Lipinski definition) is 1. The number of halogens is 1. The van der Waals surface area contributed by atoms with E-state index in [2.05, 4.69) is 15.9 Å². The Hall–Kier alpha value is -1.39. The van der Waals surface area contributed by atoms with Crippen LogP contribution in [0, 0.1) is 0 Å². The SMILES string of the molecule is O=C1O/C(=C\CCCO)C=C1c1ccc(Br)cc1. The van der Waals surface area contributed by atoms with Gasteiger partial charge in [-0.05, 0) is 42.7 Å². The van der Waals surface area contributed by atoms with Crippen LogP contribution in [0.15, 0.2) is 46.6 Å². The van der Waals surface area contributed by atoms with E-state index >= 15 is 0 Å². The molecule has 1 aliphatic heterocycles. The summed E-state index contributed by atoms with van der Waals surface area (Å²) in [6.07, 6.45) is 4.93. The van der Waals surface area contributed by atoms with Crippen molar-refractivity contribution in [2.24, 2.45) is 0 Å². The molecule has 0 radical (unpaired) electrons. The van der Waals surface area contributed by atoms with Crippen LogP contribution in [0.4, 0.5) is 0 Å². The first-order chi connectivity index (χ1) is 8.70. The lowest BCUT2D eigenvalue weighted by molar-refractivity contribution is -0.131. The van der Waals surface area contributed by atoms with E-state index in [4.69, 9.17) is 9.84 Å². The number of carbonyl (C=O) groups excluding carboxylic acids is 1. The molecule has 4 heteroatoms. The number of aliphatic hydroxyl groups is 1. The molecule has 0 amide bonds. The highest BCUT2D eigenvalue weighted by Gasteiger charge is 2.22. The first kappa shape index (κ1) is 13.1. The molecular weight excluding hydrogens is 296 g/mol. The standard InChI is InChI=1S/C14H13BrO3/c15-11-6-4-10(5-7-11)13-9-12(18-14(13)17)3-1-2-8-16/h3-7,9,16H,1-2,8H2/b12-3-. The van der Waals surface area contributed by atoms with Crippen LogP contribution >= 0.6 is 15.9 Å². The topological polar surface area (TPSA) is 46.5 Å². The predicted octanol–water partition coefficient (Wildman–Crippen LogP) is 3.05. The van der Waals surface area contributed by atoms with Gasteiger partial charge in [-0.1, -0.05) is 28.1 Å². The fourth-order valence-corrected chi connectivity index (χ4v) is 1.92. The molecule has 18 heavy (non-hydrogen) atoms. The highest BCUT2D eigenvalue weighted by molar-refractivity contribution is 9.10. The fourth-order valence-electron chi connectivity index (χ4n) is 1.66. The third-order valence-electron chi connectivity index (χ3n) is 2.58. The van der Waals surface area contributed by atoms with Gasteiger partial charge in [0, 0.05) is 11.1 Å². The van der Waals surface area contributed by atoms with Crippen molar-refractivity contribution in [2.45, 2.75) is 12.8 Å². The minimum Gasteiger partial charge on any atom is -0.423 e. The minimum absolute atomic E-state index is 0.140. The van der Waals surface area contributed by atoms with E-state index in [1.54, 1.807) is 6.08 Å². The molecule has 0 spiro atoms. The van der Waals surface area contributed by atoms with Gasteiger partial charge in [-0.2, -0.15) is 0 Å². The first-order valence-corrected chi connectivity index (χ1v) is 6.51. The second-order valence-corrected chi connectivity index (χ2v) is 4.84. The maximum absolute atomic E-state index is 11.7. The Balaban J connectivity index is 2.17. The van der Waals surface area contributed by atoms with Crippen molar-refractivity contribution >= 4 is 27.5 Å². The summed E-state index contributed by atoms with van der Waals surface area (Å²) in [6, 6.07) is 7.51. The third kappa shape index (κ3) is 3.09. The third-order valence-corrected chi connectivity index (χ3v) is 3.11. The highest BCUT2D eigenvalue weighted by atomic mass is 79.9. The Labute approximate surface area is 114 Å². The zero-order valence-electron chi connectivity index (χ0n) is 9.73. The molecular formula is C14H13BrO3. The summed E-state index contributed by atoms with van der Waals surface area (Å²) in [4.78, 5) is 11.7. The van der Waals surface area contributed by atoms with Crippen LogP contribution in [0.25, 0.3) is 5.57 Å². The van der Waals surface area contributed by atoms with Crippen LogP contribution < -0.4 is 0 Å². The summed E-state index contributed by atoms with van der Waals surface area (Å²) >= 11 is 3.35. The number of carbonyl (C=O) groups is 1. The Morgan fingerprint density at radius 3 is 2.67 bits per heavy atom. The largest absolute Gasteiger partial charge is 0.423 e. The normalized spacial score (nSPS) is 16.9. The van der Waals surface area contributed by atoms with E-state index in [1.807, 2.05) is 30.3 Å². The van der Waals surface area contributed by atoms with E-state index in [9.17, 15) is 4.79 Å². The Bertz CT molecular complexity index is 500. The molecule has 0 unspecified atom stereocenters. The van der Waals surface area contributed by atoms with E-state index in [0.717, 1.165) is 10.0 Å². The molecule has 0 saturated carbocycles. The molecule has 0 aromatic heterocycles. The van der Waals surface area contributed by atoms with E-state index < -0.39 is 0 Å². The lowest BCUT2D eigenvalue weighted by atomic mass is 10.1. The lowest BCUT2D eigenvalue weighted by Crippen LogP contribution is -1.98. The number of rotatable bonds is 4. The molecule has 1 heterocycles. The molecule has 0 aliphatic carbocycles. The fraction of sp³-hybridized carbons (Fsp3) is 0.214. The number of esters is 1. The smallest absolute Gasteiger partial charge is 0.344 e. The minimum atomic E-state index is -0.326. The molecule has 0 saturated heterocycles. The van der Waals surface area contributed by atoms with Crippen molar-refractivity contribution in [3.8, 4) is 0 Å². The summed E-state index contributed by atoms with van der Waals surface area (Å²) in [5.74, 6) is 0.235. The van der Waals surface area contributed by atoms with Gasteiger partial charge in [0.2, 0.25) is 0 Å². The molecule has 1 N–H and O–H groups in total. The second-order valence-electron chi connectivity index (χ2n) is 3.93. The van der Waals surface area contributed by atoms with Gasteiger partial charge in [0.1, 0.15) is 5.76 Å². The Morgan fingerprint density at radius 1 is 1.28 bits per heavy atom. The number of cyclic esters (lactones) is 1. The van der Waals surface area contributed by atoms with Gasteiger partial charge in [-0.3, -0.25) is 0 Å². The number of benzene rings is 1.